The molecule has 0 aliphatic heterocycles. The van der Waals surface area contributed by atoms with Crippen molar-refractivity contribution in [2.75, 3.05) is 0 Å². The van der Waals surface area contributed by atoms with E-state index < -0.39 is 0 Å². The van der Waals surface area contributed by atoms with E-state index in [2.05, 4.69) is 35.5 Å². The topological polar surface area (TPSA) is 56.7 Å². The van der Waals surface area contributed by atoms with E-state index in [1.54, 1.807) is 0 Å². The van der Waals surface area contributed by atoms with Gasteiger partial charge in [-0.1, -0.05) is 6.92 Å². The molecular weight excluding hydrogens is 176 g/mol. The largest absolute Gasteiger partial charge is 0.327 e. The molecule has 0 aromatic carbocycles. The second kappa shape index (κ2) is 4.55. The molecule has 1 heterocycles. The smallest absolute Gasteiger partial charge is 0.134 e. The summed E-state index contributed by atoms with van der Waals surface area (Å²) in [6.07, 6.45) is 1.79. The standard InChI is InChI=1S/C10H20N4/c1-5-9(11)6-10-13-12-8(4)14(10)7(2)3/h7,9H,5-6,11H2,1-4H3. The first-order chi connectivity index (χ1) is 6.56. The number of hydrogen-bond acceptors (Lipinski definition) is 3. The average molecular weight is 196 g/mol. The molecular formula is C10H20N4. The van der Waals surface area contributed by atoms with Crippen LogP contribution < -0.4 is 5.73 Å². The fourth-order valence-electron chi connectivity index (χ4n) is 1.60. The molecule has 0 aliphatic rings. The third-order valence-corrected chi connectivity index (χ3v) is 2.42. The number of aryl methyl sites for hydroxylation is 1. The Bertz CT molecular complexity index is 290. The molecule has 0 saturated carbocycles. The van der Waals surface area contributed by atoms with E-state index >= 15 is 0 Å². The van der Waals surface area contributed by atoms with E-state index in [9.17, 15) is 0 Å². The molecule has 0 spiro atoms. The van der Waals surface area contributed by atoms with Gasteiger partial charge in [0.2, 0.25) is 0 Å². The lowest BCUT2D eigenvalue weighted by atomic mass is 10.1. The molecule has 80 valence electrons. The number of nitrogens with zero attached hydrogens (tertiary/aromatic N) is 3. The molecule has 0 fully saturated rings. The second-order valence-electron chi connectivity index (χ2n) is 4.00. The van der Waals surface area contributed by atoms with Gasteiger partial charge in [0.05, 0.1) is 0 Å². The van der Waals surface area contributed by atoms with Gasteiger partial charge < -0.3 is 10.3 Å². The minimum absolute atomic E-state index is 0.191. The van der Waals surface area contributed by atoms with Gasteiger partial charge in [0.1, 0.15) is 11.6 Å². The van der Waals surface area contributed by atoms with Gasteiger partial charge in [0, 0.05) is 18.5 Å². The Kier molecular flexibility index (Phi) is 3.63. The second-order valence-corrected chi connectivity index (χ2v) is 4.00. The van der Waals surface area contributed by atoms with Crippen molar-refractivity contribution >= 4 is 0 Å². The Hall–Kier alpha value is -0.900. The maximum atomic E-state index is 5.90. The highest BCUT2D eigenvalue weighted by atomic mass is 15.3. The first kappa shape index (κ1) is 11.2. The van der Waals surface area contributed by atoms with Crippen LogP contribution in [0.15, 0.2) is 0 Å². The maximum absolute atomic E-state index is 5.90. The molecule has 14 heavy (non-hydrogen) atoms. The van der Waals surface area contributed by atoms with E-state index in [-0.39, 0.29) is 6.04 Å². The Morgan fingerprint density at radius 2 is 2.00 bits per heavy atom. The summed E-state index contributed by atoms with van der Waals surface area (Å²) in [5, 5.41) is 8.24. The summed E-state index contributed by atoms with van der Waals surface area (Å²) in [6, 6.07) is 0.597. The van der Waals surface area contributed by atoms with Crippen LogP contribution in [0.4, 0.5) is 0 Å². The zero-order valence-corrected chi connectivity index (χ0v) is 9.49. The van der Waals surface area contributed by atoms with Gasteiger partial charge in [0.15, 0.2) is 0 Å². The summed E-state index contributed by atoms with van der Waals surface area (Å²) in [7, 11) is 0. The molecule has 4 heteroatoms. The summed E-state index contributed by atoms with van der Waals surface area (Å²) >= 11 is 0. The molecule has 4 nitrogen and oxygen atoms in total. The van der Waals surface area contributed by atoms with Crippen LogP contribution >= 0.6 is 0 Å². The molecule has 0 saturated heterocycles. The predicted octanol–water partition coefficient (Wildman–Crippen LogP) is 1.45. The van der Waals surface area contributed by atoms with E-state index in [0.717, 1.165) is 24.5 Å². The first-order valence-corrected chi connectivity index (χ1v) is 5.22. The van der Waals surface area contributed by atoms with Crippen LogP contribution in [0.2, 0.25) is 0 Å². The predicted molar refractivity (Wildman–Crippen MR) is 57.1 cm³/mol. The minimum atomic E-state index is 0.191. The minimum Gasteiger partial charge on any atom is -0.327 e. The van der Waals surface area contributed by atoms with Gasteiger partial charge in [-0.2, -0.15) is 0 Å². The fourth-order valence-corrected chi connectivity index (χ4v) is 1.60. The van der Waals surface area contributed by atoms with Gasteiger partial charge in [-0.25, -0.2) is 0 Å². The highest BCUT2D eigenvalue weighted by Gasteiger charge is 2.13. The molecule has 0 radical (unpaired) electrons. The molecule has 0 amide bonds. The number of aromatic nitrogens is 3. The Morgan fingerprint density at radius 3 is 2.50 bits per heavy atom. The van der Waals surface area contributed by atoms with Crippen molar-refractivity contribution in [1.82, 2.24) is 14.8 Å². The molecule has 0 bridgehead atoms. The van der Waals surface area contributed by atoms with Crippen molar-refractivity contribution in [2.24, 2.45) is 5.73 Å². The molecule has 0 aliphatic carbocycles. The van der Waals surface area contributed by atoms with Gasteiger partial charge in [-0.3, -0.25) is 0 Å². The molecule has 1 atom stereocenters. The summed E-state index contributed by atoms with van der Waals surface area (Å²) in [6.45, 7) is 8.34. The third kappa shape index (κ3) is 2.32. The highest BCUT2D eigenvalue weighted by Crippen LogP contribution is 2.12. The summed E-state index contributed by atoms with van der Waals surface area (Å²) in [5.74, 6) is 1.98. The molecule has 1 unspecified atom stereocenters. The highest BCUT2D eigenvalue weighted by molar-refractivity contribution is 4.98. The molecule has 1 aromatic heterocycles. The number of rotatable bonds is 4. The lowest BCUT2D eigenvalue weighted by Gasteiger charge is -2.14. The summed E-state index contributed by atoms with van der Waals surface area (Å²) in [5.41, 5.74) is 5.90. The van der Waals surface area contributed by atoms with Crippen molar-refractivity contribution in [3.63, 3.8) is 0 Å². The van der Waals surface area contributed by atoms with Crippen molar-refractivity contribution in [3.8, 4) is 0 Å². The lowest BCUT2D eigenvalue weighted by Crippen LogP contribution is -2.24. The SMILES string of the molecule is CCC(N)Cc1nnc(C)n1C(C)C. The van der Waals surface area contributed by atoms with Crippen LogP contribution in [-0.2, 0) is 6.42 Å². The maximum Gasteiger partial charge on any atom is 0.134 e. The number of nitrogens with two attached hydrogens (primary N) is 1. The fraction of sp³-hybridized carbons (Fsp3) is 0.800. The van der Waals surface area contributed by atoms with Gasteiger partial charge in [-0.05, 0) is 27.2 Å². The van der Waals surface area contributed by atoms with E-state index in [1.165, 1.54) is 0 Å². The zero-order valence-electron chi connectivity index (χ0n) is 9.49. The quantitative estimate of drug-likeness (QED) is 0.793. The van der Waals surface area contributed by atoms with Crippen LogP contribution in [0.5, 0.6) is 0 Å². The van der Waals surface area contributed by atoms with Crippen molar-refractivity contribution in [2.45, 2.75) is 52.6 Å². The van der Waals surface area contributed by atoms with Crippen LogP contribution in [0.3, 0.4) is 0 Å². The third-order valence-electron chi connectivity index (χ3n) is 2.42. The van der Waals surface area contributed by atoms with Gasteiger partial charge >= 0.3 is 0 Å². The summed E-state index contributed by atoms with van der Waals surface area (Å²) < 4.78 is 2.15. The van der Waals surface area contributed by atoms with Gasteiger partial charge in [0.25, 0.3) is 0 Å². The number of hydrogen-bond donors (Lipinski definition) is 1. The van der Waals surface area contributed by atoms with Crippen LogP contribution in [0.25, 0.3) is 0 Å². The Labute approximate surface area is 85.5 Å². The van der Waals surface area contributed by atoms with E-state index in [1.807, 2.05) is 6.92 Å². The first-order valence-electron chi connectivity index (χ1n) is 5.22. The van der Waals surface area contributed by atoms with E-state index in [4.69, 9.17) is 5.73 Å². The van der Waals surface area contributed by atoms with Crippen molar-refractivity contribution < 1.29 is 0 Å². The monoisotopic (exact) mass is 196 g/mol. The molecule has 2 N–H and O–H groups in total. The normalized spacial score (nSPS) is 13.6. The van der Waals surface area contributed by atoms with Crippen molar-refractivity contribution in [3.05, 3.63) is 11.6 Å². The van der Waals surface area contributed by atoms with Crippen LogP contribution in [-0.4, -0.2) is 20.8 Å². The summed E-state index contributed by atoms with van der Waals surface area (Å²) in [4.78, 5) is 0. The van der Waals surface area contributed by atoms with E-state index in [0.29, 0.717) is 6.04 Å². The van der Waals surface area contributed by atoms with Gasteiger partial charge in [-0.15, -0.1) is 10.2 Å². The van der Waals surface area contributed by atoms with Crippen LogP contribution in [0.1, 0.15) is 44.9 Å². The van der Waals surface area contributed by atoms with Crippen molar-refractivity contribution in [1.29, 1.82) is 0 Å². The Morgan fingerprint density at radius 1 is 1.36 bits per heavy atom. The molecule has 1 rings (SSSR count). The lowest BCUT2D eigenvalue weighted by molar-refractivity contribution is 0.526. The molecule has 1 aromatic rings. The Balaban J connectivity index is 2.86. The average Bonchev–Trinajstić information content (AvgIpc) is 2.46. The zero-order chi connectivity index (χ0) is 10.7. The van der Waals surface area contributed by atoms with Crippen LogP contribution in [0, 0.1) is 6.92 Å².